The molecular weight excluding hydrogens is 254 g/mol. The Morgan fingerprint density at radius 3 is 2.89 bits per heavy atom. The molecule has 0 unspecified atom stereocenters. The molecule has 0 atom stereocenters. The zero-order valence-corrected chi connectivity index (χ0v) is 11.4. The molecule has 2 aromatic heterocycles. The van der Waals surface area contributed by atoms with Crippen LogP contribution in [-0.4, -0.2) is 16.5 Å². The van der Waals surface area contributed by atoms with Crippen LogP contribution in [0.15, 0.2) is 42.6 Å². The third-order valence-electron chi connectivity index (χ3n) is 3.01. The van der Waals surface area contributed by atoms with E-state index in [0.29, 0.717) is 0 Å². The second kappa shape index (κ2) is 5.47. The van der Waals surface area contributed by atoms with E-state index >= 15 is 0 Å². The van der Waals surface area contributed by atoms with Gasteiger partial charge in [0.1, 0.15) is 5.01 Å². The normalized spacial score (nSPS) is 11.0. The highest BCUT2D eigenvalue weighted by Gasteiger charge is 2.07. The van der Waals surface area contributed by atoms with Crippen molar-refractivity contribution in [3.8, 4) is 10.7 Å². The number of aromatic nitrogens is 2. The van der Waals surface area contributed by atoms with E-state index in [2.05, 4.69) is 28.2 Å². The number of pyridine rings is 1. The van der Waals surface area contributed by atoms with Crippen molar-refractivity contribution in [2.45, 2.75) is 12.8 Å². The Labute approximate surface area is 116 Å². The second-order valence-electron chi connectivity index (χ2n) is 4.43. The molecular formula is C15H15N3S. The van der Waals surface area contributed by atoms with Gasteiger partial charge in [0.15, 0.2) is 0 Å². The Morgan fingerprint density at radius 2 is 2.11 bits per heavy atom. The maximum absolute atomic E-state index is 5.55. The lowest BCUT2D eigenvalue weighted by Crippen LogP contribution is -2.00. The zero-order valence-electron chi connectivity index (χ0n) is 10.5. The lowest BCUT2D eigenvalue weighted by atomic mass is 10.1. The number of nitrogens with two attached hydrogens (primary N) is 1. The number of hydrogen-bond acceptors (Lipinski definition) is 4. The van der Waals surface area contributed by atoms with Crippen molar-refractivity contribution in [1.29, 1.82) is 0 Å². The van der Waals surface area contributed by atoms with Crippen molar-refractivity contribution in [1.82, 2.24) is 9.97 Å². The van der Waals surface area contributed by atoms with Gasteiger partial charge in [-0.3, -0.25) is 4.98 Å². The highest BCUT2D eigenvalue weighted by molar-refractivity contribution is 7.21. The third-order valence-corrected chi connectivity index (χ3v) is 4.06. The van der Waals surface area contributed by atoms with Crippen LogP contribution in [0.25, 0.3) is 20.9 Å². The predicted molar refractivity (Wildman–Crippen MR) is 80.2 cm³/mol. The lowest BCUT2D eigenvalue weighted by molar-refractivity contribution is 0.833. The monoisotopic (exact) mass is 269 g/mol. The summed E-state index contributed by atoms with van der Waals surface area (Å²) in [6.07, 6.45) is 3.83. The van der Waals surface area contributed by atoms with Gasteiger partial charge >= 0.3 is 0 Å². The molecule has 0 aliphatic heterocycles. The number of nitrogens with zero attached hydrogens (tertiary/aromatic N) is 2. The molecule has 3 aromatic rings. The van der Waals surface area contributed by atoms with E-state index in [1.54, 1.807) is 17.5 Å². The van der Waals surface area contributed by atoms with Crippen molar-refractivity contribution in [3.05, 3.63) is 48.2 Å². The Balaban J connectivity index is 1.97. The molecule has 96 valence electrons. The number of rotatable bonds is 4. The predicted octanol–water partition coefficient (Wildman–Crippen LogP) is 3.25. The fourth-order valence-corrected chi connectivity index (χ4v) is 2.96. The molecule has 0 fully saturated rings. The summed E-state index contributed by atoms with van der Waals surface area (Å²) in [5, 5.41) is 0.978. The molecule has 2 N–H and O–H groups in total. The summed E-state index contributed by atoms with van der Waals surface area (Å²) in [5.41, 5.74) is 8.84. The topological polar surface area (TPSA) is 51.8 Å². The van der Waals surface area contributed by atoms with E-state index in [1.165, 1.54) is 10.3 Å². The van der Waals surface area contributed by atoms with Gasteiger partial charge in [-0.25, -0.2) is 4.98 Å². The molecule has 0 bridgehead atoms. The Morgan fingerprint density at radius 1 is 1.16 bits per heavy atom. The van der Waals surface area contributed by atoms with Gasteiger partial charge in [-0.2, -0.15) is 0 Å². The molecule has 0 aliphatic carbocycles. The van der Waals surface area contributed by atoms with Gasteiger partial charge < -0.3 is 5.73 Å². The fraction of sp³-hybridized carbons (Fsp3) is 0.200. The molecule has 1 aromatic carbocycles. The molecule has 0 saturated carbocycles. The van der Waals surface area contributed by atoms with Crippen LogP contribution in [0, 0.1) is 0 Å². The van der Waals surface area contributed by atoms with Crippen LogP contribution in [0.3, 0.4) is 0 Å². The van der Waals surface area contributed by atoms with E-state index in [0.717, 1.165) is 35.6 Å². The summed E-state index contributed by atoms with van der Waals surface area (Å²) in [5.74, 6) is 0. The van der Waals surface area contributed by atoms with Gasteiger partial charge in [0.05, 0.1) is 15.9 Å². The third kappa shape index (κ3) is 2.64. The molecule has 19 heavy (non-hydrogen) atoms. The minimum absolute atomic E-state index is 0.730. The number of thiazole rings is 1. The molecule has 2 heterocycles. The molecule has 0 radical (unpaired) electrons. The molecule has 3 nitrogen and oxygen atoms in total. The SMILES string of the molecule is NCCCc1ccc2sc(-c3ccccn3)nc2c1. The van der Waals surface area contributed by atoms with Crippen LogP contribution in [0.4, 0.5) is 0 Å². The van der Waals surface area contributed by atoms with Gasteiger partial charge in [0.2, 0.25) is 0 Å². The Bertz CT molecular complexity index is 676. The van der Waals surface area contributed by atoms with Gasteiger partial charge in [0.25, 0.3) is 0 Å². The maximum atomic E-state index is 5.55. The first-order chi connectivity index (χ1) is 9.36. The van der Waals surface area contributed by atoms with E-state index in [4.69, 9.17) is 5.73 Å². The molecule has 4 heteroatoms. The van der Waals surface area contributed by atoms with Crippen molar-refractivity contribution >= 4 is 21.6 Å². The number of hydrogen-bond donors (Lipinski definition) is 1. The first-order valence-corrected chi connectivity index (χ1v) is 7.19. The standard InChI is InChI=1S/C15H15N3S/c16-8-3-4-11-6-7-14-13(10-11)18-15(19-14)12-5-1-2-9-17-12/h1-2,5-7,9-10H,3-4,8,16H2. The summed E-state index contributed by atoms with van der Waals surface area (Å²) < 4.78 is 1.21. The molecule has 0 amide bonds. The summed E-state index contributed by atoms with van der Waals surface area (Å²) in [4.78, 5) is 9.02. The second-order valence-corrected chi connectivity index (χ2v) is 5.46. The fourth-order valence-electron chi connectivity index (χ4n) is 2.03. The number of fused-ring (bicyclic) bond motifs is 1. The highest BCUT2D eigenvalue weighted by Crippen LogP contribution is 2.29. The first-order valence-electron chi connectivity index (χ1n) is 6.38. The summed E-state index contributed by atoms with van der Waals surface area (Å²) >= 11 is 1.68. The van der Waals surface area contributed by atoms with Crippen LogP contribution in [-0.2, 0) is 6.42 Å². The minimum Gasteiger partial charge on any atom is -0.330 e. The molecule has 0 aliphatic rings. The molecule has 0 saturated heterocycles. The number of benzene rings is 1. The van der Waals surface area contributed by atoms with Crippen molar-refractivity contribution in [2.24, 2.45) is 5.73 Å². The van der Waals surface area contributed by atoms with Crippen LogP contribution < -0.4 is 5.73 Å². The van der Waals surface area contributed by atoms with E-state index < -0.39 is 0 Å². The smallest absolute Gasteiger partial charge is 0.143 e. The lowest BCUT2D eigenvalue weighted by Gasteiger charge is -1.98. The molecule has 3 rings (SSSR count). The van der Waals surface area contributed by atoms with Crippen molar-refractivity contribution < 1.29 is 0 Å². The van der Waals surface area contributed by atoms with E-state index in [9.17, 15) is 0 Å². The quantitative estimate of drug-likeness (QED) is 0.791. The minimum atomic E-state index is 0.730. The van der Waals surface area contributed by atoms with Crippen molar-refractivity contribution in [3.63, 3.8) is 0 Å². The van der Waals surface area contributed by atoms with Crippen LogP contribution in [0.2, 0.25) is 0 Å². The number of aryl methyl sites for hydroxylation is 1. The average Bonchev–Trinajstić information content (AvgIpc) is 2.89. The van der Waals surface area contributed by atoms with Crippen LogP contribution in [0.5, 0.6) is 0 Å². The maximum Gasteiger partial charge on any atom is 0.143 e. The molecule has 0 spiro atoms. The van der Waals surface area contributed by atoms with Crippen LogP contribution in [0.1, 0.15) is 12.0 Å². The van der Waals surface area contributed by atoms with Gasteiger partial charge in [0, 0.05) is 6.20 Å². The summed E-state index contributed by atoms with van der Waals surface area (Å²) in [6, 6.07) is 12.4. The van der Waals surface area contributed by atoms with Gasteiger partial charge in [-0.15, -0.1) is 11.3 Å². The van der Waals surface area contributed by atoms with Gasteiger partial charge in [-0.05, 0) is 49.2 Å². The van der Waals surface area contributed by atoms with E-state index in [-0.39, 0.29) is 0 Å². The Kier molecular flexibility index (Phi) is 3.53. The highest BCUT2D eigenvalue weighted by atomic mass is 32.1. The summed E-state index contributed by atoms with van der Waals surface area (Å²) in [7, 11) is 0. The largest absolute Gasteiger partial charge is 0.330 e. The Hall–Kier alpha value is -1.78. The van der Waals surface area contributed by atoms with E-state index in [1.807, 2.05) is 18.2 Å². The zero-order chi connectivity index (χ0) is 13.1. The van der Waals surface area contributed by atoms with Crippen molar-refractivity contribution in [2.75, 3.05) is 6.54 Å². The van der Waals surface area contributed by atoms with Gasteiger partial charge in [-0.1, -0.05) is 12.1 Å². The average molecular weight is 269 g/mol. The van der Waals surface area contributed by atoms with Crippen LogP contribution >= 0.6 is 11.3 Å². The first kappa shape index (κ1) is 12.3. The summed E-state index contributed by atoms with van der Waals surface area (Å²) in [6.45, 7) is 0.730.